The zero-order valence-electron chi connectivity index (χ0n) is 11.2. The number of carboxylic acid groups (broad SMARTS) is 1. The van der Waals surface area contributed by atoms with E-state index in [1.807, 2.05) is 0 Å². The second-order valence-corrected chi connectivity index (χ2v) is 4.61. The molecule has 1 rings (SSSR count). The molecule has 0 spiro atoms. The van der Waals surface area contributed by atoms with E-state index in [1.54, 1.807) is 13.8 Å². The van der Waals surface area contributed by atoms with E-state index in [-0.39, 0.29) is 13.0 Å². The van der Waals surface area contributed by atoms with E-state index in [1.165, 1.54) is 25.1 Å². The van der Waals surface area contributed by atoms with Crippen LogP contribution >= 0.6 is 0 Å². The van der Waals surface area contributed by atoms with Crippen LogP contribution in [0.1, 0.15) is 25.0 Å². The first-order valence-electron chi connectivity index (χ1n) is 5.97. The summed E-state index contributed by atoms with van der Waals surface area (Å²) in [5.41, 5.74) is -0.449. The molecule has 5 heteroatoms. The first-order chi connectivity index (χ1) is 8.81. The molecular formula is C14H17FO4. The highest BCUT2D eigenvalue weighted by Gasteiger charge is 2.43. The Kier molecular flexibility index (Phi) is 4.64. The van der Waals surface area contributed by atoms with E-state index in [0.717, 1.165) is 0 Å². The van der Waals surface area contributed by atoms with Gasteiger partial charge in [-0.25, -0.2) is 4.39 Å². The van der Waals surface area contributed by atoms with Crippen molar-refractivity contribution in [1.82, 2.24) is 0 Å². The zero-order valence-corrected chi connectivity index (χ0v) is 11.2. The van der Waals surface area contributed by atoms with Crippen molar-refractivity contribution in [3.05, 3.63) is 35.1 Å². The fourth-order valence-corrected chi connectivity index (χ4v) is 1.76. The summed E-state index contributed by atoms with van der Waals surface area (Å²) in [4.78, 5) is 23.2. The molecule has 0 heterocycles. The molecule has 104 valence electrons. The number of aryl methyl sites for hydroxylation is 1. The molecule has 0 aromatic heterocycles. The first kappa shape index (κ1) is 15.1. The van der Waals surface area contributed by atoms with Gasteiger partial charge < -0.3 is 9.84 Å². The zero-order chi connectivity index (χ0) is 14.6. The summed E-state index contributed by atoms with van der Waals surface area (Å²) >= 11 is 0. The number of carboxylic acids is 1. The molecule has 0 saturated heterocycles. The predicted octanol–water partition coefficient (Wildman–Crippen LogP) is 2.33. The number of hydrogen-bond donors (Lipinski definition) is 1. The molecule has 1 N–H and O–H groups in total. The molecule has 0 bridgehead atoms. The van der Waals surface area contributed by atoms with Gasteiger partial charge in [0.25, 0.3) is 0 Å². The summed E-state index contributed by atoms with van der Waals surface area (Å²) in [6, 6.07) is 4.05. The molecule has 0 amide bonds. The molecule has 1 aromatic rings. The average molecular weight is 268 g/mol. The van der Waals surface area contributed by atoms with Crippen LogP contribution in [-0.2, 0) is 20.7 Å². The van der Waals surface area contributed by atoms with Gasteiger partial charge in [-0.15, -0.1) is 0 Å². The molecule has 1 aromatic carbocycles. The van der Waals surface area contributed by atoms with Gasteiger partial charge in [-0.2, -0.15) is 0 Å². The lowest BCUT2D eigenvalue weighted by Gasteiger charge is -2.23. The summed E-state index contributed by atoms with van der Waals surface area (Å²) in [5, 5.41) is 9.26. The molecule has 1 unspecified atom stereocenters. The Hall–Kier alpha value is -1.91. The molecule has 4 nitrogen and oxygen atoms in total. The molecule has 19 heavy (non-hydrogen) atoms. The Bertz CT molecular complexity index is 498. The van der Waals surface area contributed by atoms with Crippen molar-refractivity contribution in [1.29, 1.82) is 0 Å². The number of carbonyl (C=O) groups is 2. The fraction of sp³-hybridized carbons (Fsp3) is 0.429. The maximum absolute atomic E-state index is 13.0. The number of rotatable bonds is 5. The first-order valence-corrected chi connectivity index (χ1v) is 5.97. The van der Waals surface area contributed by atoms with Crippen LogP contribution in [0.4, 0.5) is 4.39 Å². The van der Waals surface area contributed by atoms with Crippen molar-refractivity contribution in [2.75, 3.05) is 6.61 Å². The van der Waals surface area contributed by atoms with Crippen LogP contribution < -0.4 is 0 Å². The maximum atomic E-state index is 13.0. The van der Waals surface area contributed by atoms with E-state index < -0.39 is 23.2 Å². The smallest absolute Gasteiger partial charge is 0.323 e. The van der Waals surface area contributed by atoms with E-state index in [0.29, 0.717) is 11.1 Å². The van der Waals surface area contributed by atoms with Crippen molar-refractivity contribution in [3.8, 4) is 0 Å². The SMILES string of the molecule is CCOC(=O)C(C)(Cc1ccc(F)cc1C)C(=O)O. The number of hydrogen-bond acceptors (Lipinski definition) is 3. The normalized spacial score (nSPS) is 13.7. The minimum absolute atomic E-state index is 0.0344. The van der Waals surface area contributed by atoms with E-state index in [9.17, 15) is 19.1 Å². The van der Waals surface area contributed by atoms with Crippen molar-refractivity contribution < 1.29 is 23.8 Å². The van der Waals surface area contributed by atoms with E-state index >= 15 is 0 Å². The molecule has 0 aliphatic carbocycles. The van der Waals surface area contributed by atoms with Crippen LogP contribution in [-0.4, -0.2) is 23.7 Å². The van der Waals surface area contributed by atoms with Crippen molar-refractivity contribution >= 4 is 11.9 Å². The highest BCUT2D eigenvalue weighted by atomic mass is 19.1. The van der Waals surface area contributed by atoms with Gasteiger partial charge in [-0.1, -0.05) is 6.07 Å². The maximum Gasteiger partial charge on any atom is 0.323 e. The minimum atomic E-state index is -1.67. The summed E-state index contributed by atoms with van der Waals surface area (Å²) in [6.45, 7) is 4.72. The fourth-order valence-electron chi connectivity index (χ4n) is 1.76. The van der Waals surface area contributed by atoms with Gasteiger partial charge in [-0.3, -0.25) is 9.59 Å². The Balaban J connectivity index is 3.08. The molecule has 0 radical (unpaired) electrons. The summed E-state index contributed by atoms with van der Waals surface area (Å²) in [5.74, 6) is -2.43. The molecular weight excluding hydrogens is 251 g/mol. The van der Waals surface area contributed by atoms with Gasteiger partial charge in [0.2, 0.25) is 0 Å². The number of esters is 1. The Labute approximate surface area is 111 Å². The van der Waals surface area contributed by atoms with Crippen LogP contribution in [0.15, 0.2) is 18.2 Å². The highest BCUT2D eigenvalue weighted by Crippen LogP contribution is 2.27. The molecule has 0 aliphatic heterocycles. The number of aliphatic carboxylic acids is 1. The Morgan fingerprint density at radius 3 is 2.53 bits per heavy atom. The highest BCUT2D eigenvalue weighted by molar-refractivity contribution is 5.99. The van der Waals surface area contributed by atoms with Gasteiger partial charge in [0.05, 0.1) is 6.61 Å². The largest absolute Gasteiger partial charge is 0.480 e. The summed E-state index contributed by atoms with van der Waals surface area (Å²) < 4.78 is 17.8. The Morgan fingerprint density at radius 1 is 1.42 bits per heavy atom. The Morgan fingerprint density at radius 2 is 2.05 bits per heavy atom. The monoisotopic (exact) mass is 268 g/mol. The molecule has 1 atom stereocenters. The van der Waals surface area contributed by atoms with Crippen LogP contribution in [0.25, 0.3) is 0 Å². The van der Waals surface area contributed by atoms with Crippen LogP contribution in [0.2, 0.25) is 0 Å². The van der Waals surface area contributed by atoms with E-state index in [4.69, 9.17) is 4.74 Å². The predicted molar refractivity (Wildman–Crippen MR) is 67.2 cm³/mol. The molecule has 0 fully saturated rings. The van der Waals surface area contributed by atoms with Crippen LogP contribution in [0, 0.1) is 18.2 Å². The summed E-state index contributed by atoms with van der Waals surface area (Å²) in [6.07, 6.45) is -0.0344. The van der Waals surface area contributed by atoms with Crippen molar-refractivity contribution in [3.63, 3.8) is 0 Å². The molecule has 0 aliphatic rings. The minimum Gasteiger partial charge on any atom is -0.480 e. The quantitative estimate of drug-likeness (QED) is 0.657. The van der Waals surface area contributed by atoms with E-state index in [2.05, 4.69) is 0 Å². The van der Waals surface area contributed by atoms with Gasteiger partial charge in [0.1, 0.15) is 5.82 Å². The topological polar surface area (TPSA) is 63.6 Å². The standard InChI is InChI=1S/C14H17FO4/c1-4-19-13(18)14(3,12(16)17)8-10-5-6-11(15)7-9(10)2/h5-7H,4,8H2,1-3H3,(H,16,17). The van der Waals surface area contributed by atoms with Gasteiger partial charge in [0.15, 0.2) is 5.41 Å². The van der Waals surface area contributed by atoms with Gasteiger partial charge in [-0.05, 0) is 50.5 Å². The average Bonchev–Trinajstić information content (AvgIpc) is 2.32. The lowest BCUT2D eigenvalue weighted by atomic mass is 9.82. The number of ether oxygens (including phenoxy) is 1. The second-order valence-electron chi connectivity index (χ2n) is 4.61. The number of benzene rings is 1. The van der Waals surface area contributed by atoms with Gasteiger partial charge >= 0.3 is 11.9 Å². The summed E-state index contributed by atoms with van der Waals surface area (Å²) in [7, 11) is 0. The third-order valence-corrected chi connectivity index (χ3v) is 3.05. The van der Waals surface area contributed by atoms with Gasteiger partial charge in [0, 0.05) is 0 Å². The lowest BCUT2D eigenvalue weighted by Crippen LogP contribution is -2.40. The third-order valence-electron chi connectivity index (χ3n) is 3.05. The van der Waals surface area contributed by atoms with Crippen LogP contribution in [0.3, 0.4) is 0 Å². The number of carbonyl (C=O) groups excluding carboxylic acids is 1. The molecule has 0 saturated carbocycles. The van der Waals surface area contributed by atoms with Crippen LogP contribution in [0.5, 0.6) is 0 Å². The number of halogens is 1. The third kappa shape index (κ3) is 3.30. The second kappa shape index (κ2) is 5.82. The lowest BCUT2D eigenvalue weighted by molar-refractivity contribution is -0.167. The van der Waals surface area contributed by atoms with Crippen molar-refractivity contribution in [2.45, 2.75) is 27.2 Å². The van der Waals surface area contributed by atoms with Crippen molar-refractivity contribution in [2.24, 2.45) is 5.41 Å².